The second-order valence-corrected chi connectivity index (χ2v) is 4.09. The van der Waals surface area contributed by atoms with Gasteiger partial charge in [-0.15, -0.1) is 0 Å². The average Bonchev–Trinajstić information content (AvgIpc) is 2.15. The van der Waals surface area contributed by atoms with Crippen molar-refractivity contribution in [3.8, 4) is 0 Å². The number of alkyl halides is 3. The smallest absolute Gasteiger partial charge is 0.370 e. The van der Waals surface area contributed by atoms with Crippen molar-refractivity contribution in [3.05, 3.63) is 0 Å². The van der Waals surface area contributed by atoms with Crippen molar-refractivity contribution < 1.29 is 17.9 Å². The van der Waals surface area contributed by atoms with Gasteiger partial charge in [0.15, 0.2) is 0 Å². The van der Waals surface area contributed by atoms with Crippen molar-refractivity contribution in [2.45, 2.75) is 57.7 Å². The molecule has 16 heavy (non-hydrogen) atoms. The number of unbranched alkanes of at least 4 members (excludes halogenated alkanes) is 4. The highest BCUT2D eigenvalue weighted by atomic mass is 19.4. The highest BCUT2D eigenvalue weighted by Crippen LogP contribution is 2.14. The number of halogens is 3. The van der Waals surface area contributed by atoms with Gasteiger partial charge in [0.2, 0.25) is 0 Å². The molecule has 0 saturated heterocycles. The van der Waals surface area contributed by atoms with Crippen LogP contribution < -0.4 is 5.73 Å². The minimum Gasteiger partial charge on any atom is -0.370 e. The average molecular weight is 241 g/mol. The molecule has 0 heterocycles. The van der Waals surface area contributed by atoms with Gasteiger partial charge in [0.05, 0.1) is 6.61 Å². The topological polar surface area (TPSA) is 35.2 Å². The Morgan fingerprint density at radius 3 is 2.31 bits per heavy atom. The number of hydrogen-bond acceptors (Lipinski definition) is 2. The predicted octanol–water partition coefficient (Wildman–Crippen LogP) is 3.25. The second-order valence-electron chi connectivity index (χ2n) is 4.09. The monoisotopic (exact) mass is 241 g/mol. The summed E-state index contributed by atoms with van der Waals surface area (Å²) in [4.78, 5) is 0. The van der Waals surface area contributed by atoms with Crippen molar-refractivity contribution in [2.24, 2.45) is 5.73 Å². The Labute approximate surface area is 95.3 Å². The zero-order chi connectivity index (χ0) is 12.4. The molecule has 0 fully saturated rings. The van der Waals surface area contributed by atoms with E-state index in [0.29, 0.717) is 0 Å². The van der Waals surface area contributed by atoms with Gasteiger partial charge in [0, 0.05) is 6.04 Å². The lowest BCUT2D eigenvalue weighted by atomic mass is 10.1. The zero-order valence-electron chi connectivity index (χ0n) is 9.85. The van der Waals surface area contributed by atoms with Gasteiger partial charge in [-0.3, -0.25) is 0 Å². The van der Waals surface area contributed by atoms with Crippen molar-refractivity contribution in [1.82, 2.24) is 0 Å². The molecule has 0 aromatic carbocycles. The quantitative estimate of drug-likeness (QED) is 0.629. The van der Waals surface area contributed by atoms with Crippen LogP contribution in [0.4, 0.5) is 13.2 Å². The molecule has 1 unspecified atom stereocenters. The van der Waals surface area contributed by atoms with E-state index < -0.39 is 12.8 Å². The van der Waals surface area contributed by atoms with Crippen molar-refractivity contribution >= 4 is 0 Å². The molecule has 0 bridgehead atoms. The van der Waals surface area contributed by atoms with Crippen LogP contribution in [-0.4, -0.2) is 25.4 Å². The predicted molar refractivity (Wildman–Crippen MR) is 58.2 cm³/mol. The SMILES string of the molecule is CCCCCCCC(N)COCC(F)(F)F. The van der Waals surface area contributed by atoms with E-state index in [0.717, 1.165) is 19.3 Å². The molecule has 0 radical (unpaired) electrons. The molecule has 0 aliphatic carbocycles. The minimum absolute atomic E-state index is 0.00666. The van der Waals surface area contributed by atoms with Crippen LogP contribution in [-0.2, 0) is 4.74 Å². The molecule has 0 saturated carbocycles. The standard InChI is InChI=1S/C11H22F3NO/c1-2-3-4-5-6-7-10(15)8-16-9-11(12,13)14/h10H,2-9,15H2,1H3. The number of ether oxygens (including phenoxy) is 1. The molecule has 0 aromatic heterocycles. The fourth-order valence-electron chi connectivity index (χ4n) is 1.42. The van der Waals surface area contributed by atoms with E-state index in [1.807, 2.05) is 0 Å². The number of rotatable bonds is 9. The van der Waals surface area contributed by atoms with Crippen LogP contribution in [0.5, 0.6) is 0 Å². The molecular formula is C11H22F3NO. The Balaban J connectivity index is 3.28. The van der Waals surface area contributed by atoms with Crippen LogP contribution in [0.2, 0.25) is 0 Å². The summed E-state index contributed by atoms with van der Waals surface area (Å²) in [6.07, 6.45) is 2.12. The first kappa shape index (κ1) is 15.7. The molecule has 0 aliphatic rings. The van der Waals surface area contributed by atoms with E-state index in [4.69, 9.17) is 5.73 Å². The van der Waals surface area contributed by atoms with Crippen LogP contribution in [0.25, 0.3) is 0 Å². The van der Waals surface area contributed by atoms with E-state index in [-0.39, 0.29) is 12.6 Å². The second kappa shape index (κ2) is 8.82. The Morgan fingerprint density at radius 1 is 1.12 bits per heavy atom. The maximum Gasteiger partial charge on any atom is 0.411 e. The van der Waals surface area contributed by atoms with Gasteiger partial charge < -0.3 is 10.5 Å². The maximum atomic E-state index is 11.7. The molecule has 0 spiro atoms. The van der Waals surface area contributed by atoms with Crippen LogP contribution in [0, 0.1) is 0 Å². The summed E-state index contributed by atoms with van der Waals surface area (Å²) in [6.45, 7) is 0.931. The molecule has 2 N–H and O–H groups in total. The minimum atomic E-state index is -4.25. The van der Waals surface area contributed by atoms with E-state index in [1.54, 1.807) is 0 Å². The van der Waals surface area contributed by atoms with Crippen LogP contribution >= 0.6 is 0 Å². The Kier molecular flexibility index (Phi) is 8.66. The first-order valence-electron chi connectivity index (χ1n) is 5.85. The largest absolute Gasteiger partial charge is 0.411 e. The van der Waals surface area contributed by atoms with E-state index in [2.05, 4.69) is 11.7 Å². The molecule has 1 atom stereocenters. The third-order valence-corrected chi connectivity index (χ3v) is 2.28. The highest BCUT2D eigenvalue weighted by Gasteiger charge is 2.27. The lowest BCUT2D eigenvalue weighted by molar-refractivity contribution is -0.174. The van der Waals surface area contributed by atoms with E-state index in [9.17, 15) is 13.2 Å². The number of nitrogens with two attached hydrogens (primary N) is 1. The van der Waals surface area contributed by atoms with Gasteiger partial charge >= 0.3 is 6.18 Å². The van der Waals surface area contributed by atoms with Gasteiger partial charge in [-0.05, 0) is 6.42 Å². The van der Waals surface area contributed by atoms with E-state index >= 15 is 0 Å². The fraction of sp³-hybridized carbons (Fsp3) is 1.00. The number of hydrogen-bond donors (Lipinski definition) is 1. The Hall–Kier alpha value is -0.290. The lowest BCUT2D eigenvalue weighted by Crippen LogP contribution is -2.29. The van der Waals surface area contributed by atoms with Gasteiger partial charge in [-0.1, -0.05) is 39.0 Å². The Bertz CT molecular complexity index is 162. The summed E-state index contributed by atoms with van der Waals surface area (Å²) >= 11 is 0. The van der Waals surface area contributed by atoms with Crippen LogP contribution in [0.15, 0.2) is 0 Å². The van der Waals surface area contributed by atoms with Crippen molar-refractivity contribution in [3.63, 3.8) is 0 Å². The summed E-state index contributed by atoms with van der Waals surface area (Å²) in [7, 11) is 0. The van der Waals surface area contributed by atoms with Gasteiger partial charge in [-0.2, -0.15) is 13.2 Å². The first-order chi connectivity index (χ1) is 7.45. The lowest BCUT2D eigenvalue weighted by Gasteiger charge is -2.13. The summed E-state index contributed by atoms with van der Waals surface area (Å²) in [6, 6.07) is -0.274. The fourth-order valence-corrected chi connectivity index (χ4v) is 1.42. The molecule has 0 aliphatic heterocycles. The molecule has 0 aromatic rings. The molecule has 2 nitrogen and oxygen atoms in total. The molecule has 0 rings (SSSR count). The summed E-state index contributed by atoms with van der Waals surface area (Å²) < 4.78 is 39.7. The normalized spacial score (nSPS) is 14.1. The zero-order valence-corrected chi connectivity index (χ0v) is 9.85. The first-order valence-corrected chi connectivity index (χ1v) is 5.85. The molecule has 98 valence electrons. The molecular weight excluding hydrogens is 219 g/mol. The Morgan fingerprint density at radius 2 is 1.75 bits per heavy atom. The summed E-state index contributed by atoms with van der Waals surface area (Å²) in [5.74, 6) is 0. The third-order valence-electron chi connectivity index (χ3n) is 2.28. The molecule has 5 heteroatoms. The molecule has 0 amide bonds. The van der Waals surface area contributed by atoms with Crippen molar-refractivity contribution in [2.75, 3.05) is 13.2 Å². The summed E-state index contributed by atoms with van der Waals surface area (Å²) in [5, 5.41) is 0. The van der Waals surface area contributed by atoms with Gasteiger partial charge in [0.1, 0.15) is 6.61 Å². The maximum absolute atomic E-state index is 11.7. The van der Waals surface area contributed by atoms with Crippen LogP contribution in [0.3, 0.4) is 0 Å². The third kappa shape index (κ3) is 11.8. The van der Waals surface area contributed by atoms with Crippen molar-refractivity contribution in [1.29, 1.82) is 0 Å². The van der Waals surface area contributed by atoms with E-state index in [1.165, 1.54) is 19.3 Å². The van der Waals surface area contributed by atoms with Gasteiger partial charge in [0.25, 0.3) is 0 Å². The highest BCUT2D eigenvalue weighted by molar-refractivity contribution is 4.60. The van der Waals surface area contributed by atoms with Gasteiger partial charge in [-0.25, -0.2) is 0 Å². The van der Waals surface area contributed by atoms with Crippen LogP contribution in [0.1, 0.15) is 45.4 Å². The summed E-state index contributed by atoms with van der Waals surface area (Å²) in [5.41, 5.74) is 5.63.